The summed E-state index contributed by atoms with van der Waals surface area (Å²) in [4.78, 5) is 11.0. The molecule has 3 aliphatic rings. The zero-order chi connectivity index (χ0) is 24.2. The molecule has 0 bridgehead atoms. The van der Waals surface area contributed by atoms with Crippen molar-refractivity contribution in [2.75, 3.05) is 20.3 Å². The lowest BCUT2D eigenvalue weighted by Gasteiger charge is -2.30. The van der Waals surface area contributed by atoms with Crippen LogP contribution in [0.3, 0.4) is 0 Å². The topological polar surface area (TPSA) is 44.8 Å². The van der Waals surface area contributed by atoms with Gasteiger partial charge in [0.15, 0.2) is 0 Å². The highest BCUT2D eigenvalue weighted by molar-refractivity contribution is 5.81. The van der Waals surface area contributed by atoms with E-state index in [-0.39, 0.29) is 5.97 Å². The first-order chi connectivity index (χ1) is 16.6. The van der Waals surface area contributed by atoms with Gasteiger partial charge in [-0.05, 0) is 76.5 Å². The lowest BCUT2D eigenvalue weighted by molar-refractivity contribution is -0.138. The Bertz CT molecular complexity index is 750. The molecule has 0 heterocycles. The maximum atomic E-state index is 11.0. The van der Waals surface area contributed by atoms with Crippen molar-refractivity contribution in [3.05, 3.63) is 12.7 Å². The quantitative estimate of drug-likeness (QED) is 0.201. The summed E-state index contributed by atoms with van der Waals surface area (Å²) < 4.78 is 16.4. The molecule has 34 heavy (non-hydrogen) atoms. The largest absolute Gasteiger partial charge is 0.462 e. The van der Waals surface area contributed by atoms with Crippen LogP contribution in [-0.4, -0.2) is 38.5 Å². The van der Waals surface area contributed by atoms with Crippen LogP contribution in [0.1, 0.15) is 84.0 Å². The summed E-state index contributed by atoms with van der Waals surface area (Å²) in [6, 6.07) is 0. The van der Waals surface area contributed by atoms with Crippen molar-refractivity contribution >= 4 is 5.97 Å². The molecule has 3 atom stereocenters. The van der Waals surface area contributed by atoms with Crippen LogP contribution in [0.5, 0.6) is 0 Å². The van der Waals surface area contributed by atoms with Gasteiger partial charge in [-0.1, -0.05) is 37.2 Å². The molecule has 0 radical (unpaired) electrons. The van der Waals surface area contributed by atoms with Crippen LogP contribution in [-0.2, 0) is 19.0 Å². The van der Waals surface area contributed by atoms with E-state index in [1.807, 2.05) is 7.11 Å². The molecule has 0 N–H and O–H groups in total. The number of esters is 1. The number of carbonyl (C=O) groups excluding carboxylic acids is 1. The summed E-state index contributed by atoms with van der Waals surface area (Å²) in [5, 5.41) is 0. The van der Waals surface area contributed by atoms with Gasteiger partial charge in [-0.25, -0.2) is 4.79 Å². The molecule has 3 aliphatic carbocycles. The van der Waals surface area contributed by atoms with E-state index in [0.717, 1.165) is 44.9 Å². The van der Waals surface area contributed by atoms with Crippen LogP contribution >= 0.6 is 0 Å². The second kappa shape index (κ2) is 14.6. The van der Waals surface area contributed by atoms with E-state index in [9.17, 15) is 4.79 Å². The van der Waals surface area contributed by atoms with Crippen molar-refractivity contribution in [3.63, 3.8) is 0 Å². The molecule has 0 aromatic rings. The van der Waals surface area contributed by atoms with Gasteiger partial charge in [-0.3, -0.25) is 0 Å². The van der Waals surface area contributed by atoms with Crippen LogP contribution in [0.4, 0.5) is 0 Å². The Labute approximate surface area is 207 Å². The van der Waals surface area contributed by atoms with Crippen LogP contribution in [0.2, 0.25) is 0 Å². The summed E-state index contributed by atoms with van der Waals surface area (Å²) in [6.07, 6.45) is 15.4. The van der Waals surface area contributed by atoms with Gasteiger partial charge >= 0.3 is 5.97 Å². The molecule has 0 saturated heterocycles. The molecule has 3 rings (SSSR count). The predicted molar refractivity (Wildman–Crippen MR) is 136 cm³/mol. The van der Waals surface area contributed by atoms with Gasteiger partial charge in [0.1, 0.15) is 0 Å². The molecule has 3 saturated carbocycles. The smallest absolute Gasteiger partial charge is 0.330 e. The Morgan fingerprint density at radius 2 is 1.41 bits per heavy atom. The molecular weight excluding hydrogens is 424 g/mol. The van der Waals surface area contributed by atoms with Gasteiger partial charge in [0.25, 0.3) is 0 Å². The second-order valence-corrected chi connectivity index (χ2v) is 10.5. The minimum Gasteiger partial charge on any atom is -0.462 e. The molecule has 3 fully saturated rings. The molecule has 3 unspecified atom stereocenters. The summed E-state index contributed by atoms with van der Waals surface area (Å²) in [5.74, 6) is 17.0. The maximum Gasteiger partial charge on any atom is 0.330 e. The molecule has 4 heteroatoms. The number of ether oxygens (including phenoxy) is 3. The zero-order valence-electron chi connectivity index (χ0n) is 21.4. The van der Waals surface area contributed by atoms with Crippen molar-refractivity contribution in [2.45, 2.75) is 96.2 Å². The van der Waals surface area contributed by atoms with Crippen molar-refractivity contribution < 1.29 is 19.0 Å². The number of methoxy groups -OCH3 is 1. The number of carbonyl (C=O) groups is 1. The van der Waals surface area contributed by atoms with E-state index < -0.39 is 0 Å². The third-order valence-electron chi connectivity index (χ3n) is 7.87. The van der Waals surface area contributed by atoms with Crippen molar-refractivity contribution in [2.24, 2.45) is 29.6 Å². The lowest BCUT2D eigenvalue weighted by Crippen LogP contribution is -2.23. The minimum absolute atomic E-state index is 0.325. The Morgan fingerprint density at radius 3 is 2.03 bits per heavy atom. The average molecular weight is 469 g/mol. The second-order valence-electron chi connectivity index (χ2n) is 10.5. The molecule has 0 spiro atoms. The zero-order valence-corrected chi connectivity index (χ0v) is 21.4. The average Bonchev–Trinajstić information content (AvgIpc) is 2.87. The Kier molecular flexibility index (Phi) is 11.5. The lowest BCUT2D eigenvalue weighted by atomic mass is 9.75. The van der Waals surface area contributed by atoms with Crippen LogP contribution in [0.25, 0.3) is 0 Å². The molecule has 0 aliphatic heterocycles. The summed E-state index contributed by atoms with van der Waals surface area (Å²) >= 11 is 0. The first-order valence-corrected chi connectivity index (χ1v) is 13.5. The third-order valence-corrected chi connectivity index (χ3v) is 7.87. The predicted octanol–water partition coefficient (Wildman–Crippen LogP) is 5.95. The van der Waals surface area contributed by atoms with Crippen molar-refractivity contribution in [1.82, 2.24) is 0 Å². The monoisotopic (exact) mass is 468 g/mol. The first kappa shape index (κ1) is 26.8. The van der Waals surface area contributed by atoms with Gasteiger partial charge in [0.2, 0.25) is 0 Å². The summed E-state index contributed by atoms with van der Waals surface area (Å²) in [7, 11) is 1.83. The van der Waals surface area contributed by atoms with E-state index in [1.165, 1.54) is 38.2 Å². The Hall–Kier alpha value is -1.75. The normalized spacial score (nSPS) is 33.5. The standard InChI is InChI=1S/C30H44O4/c1-4-30(31)34-21-5-20-33-29-18-12-25(13-19-29)8-14-27-15-9-26(22-23(27)2)7-6-24-10-16-28(32-3)17-11-24/h4,23-29H,1,5,9-13,15-22H2,2-3H3. The third kappa shape index (κ3) is 9.13. The van der Waals surface area contributed by atoms with Gasteiger partial charge in [-0.15, -0.1) is 0 Å². The number of rotatable bonds is 7. The van der Waals surface area contributed by atoms with E-state index in [1.54, 1.807) is 0 Å². The molecule has 0 amide bonds. The first-order valence-electron chi connectivity index (χ1n) is 13.5. The van der Waals surface area contributed by atoms with Crippen molar-refractivity contribution in [1.29, 1.82) is 0 Å². The van der Waals surface area contributed by atoms with Gasteiger partial charge in [0, 0.05) is 43.3 Å². The molecule has 4 nitrogen and oxygen atoms in total. The highest BCUT2D eigenvalue weighted by Crippen LogP contribution is 2.34. The molecule has 0 aromatic heterocycles. The van der Waals surface area contributed by atoms with Gasteiger partial charge in [0.05, 0.1) is 25.4 Å². The fourth-order valence-electron chi connectivity index (χ4n) is 5.56. The maximum absolute atomic E-state index is 11.0. The van der Waals surface area contributed by atoms with E-state index in [4.69, 9.17) is 14.2 Å². The fourth-order valence-corrected chi connectivity index (χ4v) is 5.56. The van der Waals surface area contributed by atoms with Crippen LogP contribution in [0.15, 0.2) is 12.7 Å². The van der Waals surface area contributed by atoms with E-state index in [2.05, 4.69) is 37.2 Å². The van der Waals surface area contributed by atoms with Crippen molar-refractivity contribution in [3.8, 4) is 23.7 Å². The fraction of sp³-hybridized carbons (Fsp3) is 0.767. The van der Waals surface area contributed by atoms with Gasteiger partial charge < -0.3 is 14.2 Å². The summed E-state index contributed by atoms with van der Waals surface area (Å²) in [6.45, 7) is 6.80. The minimum atomic E-state index is -0.365. The van der Waals surface area contributed by atoms with Crippen LogP contribution < -0.4 is 0 Å². The number of hydrogen-bond donors (Lipinski definition) is 0. The van der Waals surface area contributed by atoms with E-state index >= 15 is 0 Å². The molecule has 0 aromatic carbocycles. The van der Waals surface area contributed by atoms with Crippen LogP contribution in [0, 0.1) is 53.3 Å². The highest BCUT2D eigenvalue weighted by Gasteiger charge is 2.27. The summed E-state index contributed by atoms with van der Waals surface area (Å²) in [5.41, 5.74) is 0. The Morgan fingerprint density at radius 1 is 0.824 bits per heavy atom. The SMILES string of the molecule is C=CC(=O)OCCCOC1CCC(C#CC2CCC(C#CC3CCC(OC)CC3)CC2C)CC1. The highest BCUT2D eigenvalue weighted by atomic mass is 16.5. The number of hydrogen-bond acceptors (Lipinski definition) is 4. The molecule has 188 valence electrons. The molecular formula is C30H44O4. The van der Waals surface area contributed by atoms with Gasteiger partial charge in [-0.2, -0.15) is 0 Å². The van der Waals surface area contributed by atoms with E-state index in [0.29, 0.717) is 55.0 Å². The Balaban J connectivity index is 1.31.